The first kappa shape index (κ1) is 19.1. The predicted molar refractivity (Wildman–Crippen MR) is 103 cm³/mol. The first-order valence-electron chi connectivity index (χ1n) is 8.99. The minimum Gasteiger partial charge on any atom is -0.497 e. The van der Waals surface area contributed by atoms with Crippen LogP contribution in [0.2, 0.25) is 0 Å². The van der Waals surface area contributed by atoms with Crippen molar-refractivity contribution in [3.63, 3.8) is 0 Å². The van der Waals surface area contributed by atoms with Gasteiger partial charge in [0, 0.05) is 11.6 Å². The number of allylic oxidation sites excluding steroid dienone is 2. The molecule has 2 unspecified atom stereocenters. The van der Waals surface area contributed by atoms with Gasteiger partial charge in [0.25, 0.3) is 0 Å². The average molecular weight is 368 g/mol. The molecule has 0 saturated heterocycles. The minimum absolute atomic E-state index is 0.155. The Morgan fingerprint density at radius 1 is 1.33 bits per heavy atom. The van der Waals surface area contributed by atoms with Crippen LogP contribution in [0.1, 0.15) is 24.8 Å². The van der Waals surface area contributed by atoms with Crippen molar-refractivity contribution in [1.82, 2.24) is 0 Å². The zero-order valence-corrected chi connectivity index (χ0v) is 15.4. The van der Waals surface area contributed by atoms with Crippen LogP contribution < -0.4 is 4.74 Å². The van der Waals surface area contributed by atoms with Crippen LogP contribution in [-0.4, -0.2) is 37.2 Å². The van der Waals surface area contributed by atoms with E-state index in [1.807, 2.05) is 36.4 Å². The van der Waals surface area contributed by atoms with E-state index in [2.05, 4.69) is 12.7 Å². The Bertz CT molecular complexity index is 785. The van der Waals surface area contributed by atoms with Crippen LogP contribution in [0.5, 0.6) is 5.75 Å². The van der Waals surface area contributed by atoms with Gasteiger partial charge in [-0.15, -0.1) is 0 Å². The second kappa shape index (κ2) is 8.84. The van der Waals surface area contributed by atoms with Gasteiger partial charge in [0.2, 0.25) is 0 Å². The largest absolute Gasteiger partial charge is 0.497 e. The van der Waals surface area contributed by atoms with Crippen molar-refractivity contribution in [3.05, 3.63) is 71.9 Å². The summed E-state index contributed by atoms with van der Waals surface area (Å²) >= 11 is 0. The highest BCUT2D eigenvalue weighted by molar-refractivity contribution is 5.81. The fourth-order valence-corrected chi connectivity index (χ4v) is 3.22. The van der Waals surface area contributed by atoms with Crippen molar-refractivity contribution < 1.29 is 24.1 Å². The van der Waals surface area contributed by atoms with E-state index in [-0.39, 0.29) is 6.10 Å². The highest BCUT2D eigenvalue weighted by Gasteiger charge is 2.29. The lowest BCUT2D eigenvalue weighted by Gasteiger charge is -2.32. The van der Waals surface area contributed by atoms with Gasteiger partial charge in [0.1, 0.15) is 5.75 Å². The molecule has 1 aromatic carbocycles. The molecule has 0 fully saturated rings. The van der Waals surface area contributed by atoms with E-state index in [0.717, 1.165) is 41.7 Å². The van der Waals surface area contributed by atoms with E-state index in [1.165, 1.54) is 11.6 Å². The maximum Gasteiger partial charge on any atom is 0.330 e. The van der Waals surface area contributed by atoms with Crippen LogP contribution in [0.25, 0.3) is 5.57 Å². The highest BCUT2D eigenvalue weighted by atomic mass is 16.6. The molecule has 0 aromatic heterocycles. The molecule has 0 amide bonds. The molecule has 0 saturated carbocycles. The number of aliphatic hydroxyl groups excluding tert-OH is 1. The summed E-state index contributed by atoms with van der Waals surface area (Å²) in [6, 6.07) is 7.54. The minimum atomic E-state index is -0.964. The first-order valence-corrected chi connectivity index (χ1v) is 8.99. The Morgan fingerprint density at radius 2 is 2.11 bits per heavy atom. The number of esters is 1. The van der Waals surface area contributed by atoms with Gasteiger partial charge < -0.3 is 19.3 Å². The summed E-state index contributed by atoms with van der Waals surface area (Å²) in [4.78, 5) is 11.0. The van der Waals surface area contributed by atoms with E-state index >= 15 is 0 Å². The molecular weight excluding hydrogens is 344 g/mol. The maximum absolute atomic E-state index is 11.0. The van der Waals surface area contributed by atoms with Crippen LogP contribution >= 0.6 is 0 Å². The number of aliphatic hydroxyl groups is 1. The average Bonchev–Trinajstić information content (AvgIpc) is 2.70. The lowest BCUT2D eigenvalue weighted by atomic mass is 9.88. The molecule has 5 heteroatoms. The van der Waals surface area contributed by atoms with E-state index in [1.54, 1.807) is 7.11 Å². The Balaban J connectivity index is 1.66. The number of benzene rings is 1. The van der Waals surface area contributed by atoms with Crippen molar-refractivity contribution in [3.8, 4) is 5.75 Å². The van der Waals surface area contributed by atoms with E-state index in [4.69, 9.17) is 14.2 Å². The van der Waals surface area contributed by atoms with Crippen LogP contribution in [0.4, 0.5) is 0 Å². The van der Waals surface area contributed by atoms with Gasteiger partial charge in [0.05, 0.1) is 19.8 Å². The van der Waals surface area contributed by atoms with Gasteiger partial charge >= 0.3 is 5.97 Å². The lowest BCUT2D eigenvalue weighted by molar-refractivity contribution is -0.137. The van der Waals surface area contributed by atoms with Crippen LogP contribution in [0.15, 0.2) is 66.3 Å². The summed E-state index contributed by atoms with van der Waals surface area (Å²) in [5.41, 5.74) is 3.91. The van der Waals surface area contributed by atoms with Crippen LogP contribution in [0, 0.1) is 0 Å². The molecule has 1 aliphatic carbocycles. The molecule has 0 bridgehead atoms. The molecule has 1 aliphatic heterocycles. The summed E-state index contributed by atoms with van der Waals surface area (Å²) < 4.78 is 16.0. The number of fused-ring (bicyclic) bond motifs is 1. The van der Waals surface area contributed by atoms with Crippen molar-refractivity contribution >= 4 is 11.5 Å². The molecule has 3 rings (SSSR count). The van der Waals surface area contributed by atoms with Crippen molar-refractivity contribution in [1.29, 1.82) is 0 Å². The molecular formula is C22H24O5. The van der Waals surface area contributed by atoms with Crippen molar-refractivity contribution in [2.45, 2.75) is 31.7 Å². The van der Waals surface area contributed by atoms with E-state index < -0.39 is 12.3 Å². The number of methoxy groups -OCH3 is 1. The summed E-state index contributed by atoms with van der Waals surface area (Å²) in [5.74, 6) is 0.372. The third-order valence-corrected chi connectivity index (χ3v) is 4.69. The predicted octanol–water partition coefficient (Wildman–Crippen LogP) is 3.56. The third-order valence-electron chi connectivity index (χ3n) is 4.69. The quantitative estimate of drug-likeness (QED) is 0.453. The number of hydrogen-bond donors (Lipinski definition) is 1. The molecule has 27 heavy (non-hydrogen) atoms. The third kappa shape index (κ3) is 4.76. The summed E-state index contributed by atoms with van der Waals surface area (Å²) in [7, 11) is 1.62. The lowest BCUT2D eigenvalue weighted by Crippen LogP contribution is -2.30. The number of carbonyl (C=O) groups is 1. The number of hydrogen-bond acceptors (Lipinski definition) is 5. The monoisotopic (exact) mass is 368 g/mol. The fourth-order valence-electron chi connectivity index (χ4n) is 3.22. The smallest absolute Gasteiger partial charge is 0.330 e. The Hall–Kier alpha value is -2.63. The van der Waals surface area contributed by atoms with Crippen molar-refractivity contribution in [2.75, 3.05) is 13.7 Å². The van der Waals surface area contributed by atoms with E-state index in [0.29, 0.717) is 6.61 Å². The maximum atomic E-state index is 11.0. The van der Waals surface area contributed by atoms with Crippen LogP contribution in [-0.2, 0) is 14.3 Å². The molecule has 5 nitrogen and oxygen atoms in total. The SMILES string of the molecule is C=CC(=O)OCCCC1=CC=C2C=C(c3ccc(OC)cc3)C(O)OC2C1. The van der Waals surface area contributed by atoms with Crippen LogP contribution in [0.3, 0.4) is 0 Å². The standard InChI is InChI=1S/C22H24O5/c1-3-21(23)26-12-4-5-15-6-7-17-14-19(22(24)27-20(17)13-15)16-8-10-18(25-2)11-9-16/h3,6-11,14,20,22,24H,1,4-5,12-13H2,2H3. The van der Waals surface area contributed by atoms with Gasteiger partial charge in [-0.05, 0) is 48.6 Å². The topological polar surface area (TPSA) is 65.0 Å². The number of carbonyl (C=O) groups excluding carboxylic acids is 1. The molecule has 1 aromatic rings. The Morgan fingerprint density at radius 3 is 2.81 bits per heavy atom. The molecule has 1 heterocycles. The van der Waals surface area contributed by atoms with Crippen molar-refractivity contribution in [2.24, 2.45) is 0 Å². The molecule has 2 atom stereocenters. The summed E-state index contributed by atoms with van der Waals surface area (Å²) in [6.07, 6.45) is 8.46. The van der Waals surface area contributed by atoms with Gasteiger partial charge in [-0.25, -0.2) is 4.79 Å². The molecule has 2 aliphatic rings. The van der Waals surface area contributed by atoms with Gasteiger partial charge in [-0.2, -0.15) is 0 Å². The second-order valence-electron chi connectivity index (χ2n) is 6.48. The molecule has 0 radical (unpaired) electrons. The van der Waals surface area contributed by atoms with Gasteiger partial charge in [-0.3, -0.25) is 0 Å². The molecule has 0 spiro atoms. The summed E-state index contributed by atoms with van der Waals surface area (Å²) in [5, 5.41) is 10.4. The highest BCUT2D eigenvalue weighted by Crippen LogP contribution is 2.35. The van der Waals surface area contributed by atoms with E-state index in [9.17, 15) is 9.90 Å². The first-order chi connectivity index (χ1) is 13.1. The number of rotatable bonds is 7. The molecule has 1 N–H and O–H groups in total. The van der Waals surface area contributed by atoms with Gasteiger partial charge in [-0.1, -0.05) is 36.4 Å². The fraction of sp³-hybridized carbons (Fsp3) is 0.318. The molecule has 142 valence electrons. The number of ether oxygens (including phenoxy) is 3. The van der Waals surface area contributed by atoms with Gasteiger partial charge in [0.15, 0.2) is 6.29 Å². The Kier molecular flexibility index (Phi) is 6.27. The second-order valence-corrected chi connectivity index (χ2v) is 6.48. The normalized spacial score (nSPS) is 21.3. The summed E-state index contributed by atoms with van der Waals surface area (Å²) in [6.45, 7) is 3.74. The zero-order chi connectivity index (χ0) is 19.2. The Labute approximate surface area is 159 Å². The zero-order valence-electron chi connectivity index (χ0n) is 15.4.